The van der Waals surface area contributed by atoms with Crippen molar-refractivity contribution in [3.8, 4) is 6.07 Å². The van der Waals surface area contributed by atoms with Gasteiger partial charge < -0.3 is 15.4 Å². The van der Waals surface area contributed by atoms with Gasteiger partial charge in [-0.25, -0.2) is 0 Å². The Balaban J connectivity index is 1.78. The Morgan fingerprint density at radius 1 is 1.40 bits per heavy atom. The van der Waals surface area contributed by atoms with E-state index in [1.807, 2.05) is 24.3 Å². The van der Waals surface area contributed by atoms with Gasteiger partial charge in [0.1, 0.15) is 11.6 Å². The molecule has 7 nitrogen and oxygen atoms in total. The second-order valence-electron chi connectivity index (χ2n) is 5.56. The number of aromatic nitrogens is 2. The Kier molecular flexibility index (Phi) is 7.47. The SMILES string of the molecule is CCCCOCCCNC(=O)/C(C#N)=C\Nc1ccc2cn[nH]c2c1. The third-order valence-corrected chi connectivity index (χ3v) is 3.58. The molecule has 0 saturated heterocycles. The molecule has 7 heteroatoms. The highest BCUT2D eigenvalue weighted by molar-refractivity contribution is 5.97. The number of rotatable bonds is 10. The summed E-state index contributed by atoms with van der Waals surface area (Å²) in [5.41, 5.74) is 1.67. The molecule has 0 saturated carbocycles. The first-order chi connectivity index (χ1) is 12.2. The number of fused-ring (bicyclic) bond motifs is 1. The van der Waals surface area contributed by atoms with Crippen LogP contribution >= 0.6 is 0 Å². The first-order valence-corrected chi connectivity index (χ1v) is 8.40. The summed E-state index contributed by atoms with van der Waals surface area (Å²) < 4.78 is 5.43. The van der Waals surface area contributed by atoms with Gasteiger partial charge in [-0.1, -0.05) is 13.3 Å². The fourth-order valence-corrected chi connectivity index (χ4v) is 2.15. The monoisotopic (exact) mass is 341 g/mol. The second-order valence-corrected chi connectivity index (χ2v) is 5.56. The Bertz CT molecular complexity index is 760. The molecule has 2 aromatic rings. The highest BCUT2D eigenvalue weighted by Gasteiger charge is 2.08. The van der Waals surface area contributed by atoms with E-state index in [0.717, 1.165) is 42.5 Å². The maximum absolute atomic E-state index is 12.0. The number of nitrogens with zero attached hydrogens (tertiary/aromatic N) is 2. The van der Waals surface area contributed by atoms with Gasteiger partial charge in [-0.3, -0.25) is 9.89 Å². The van der Waals surface area contributed by atoms with Crippen molar-refractivity contribution in [2.45, 2.75) is 26.2 Å². The van der Waals surface area contributed by atoms with Crippen LogP contribution in [0.5, 0.6) is 0 Å². The molecule has 0 bridgehead atoms. The highest BCUT2D eigenvalue weighted by Crippen LogP contribution is 2.16. The molecule has 1 heterocycles. The van der Waals surface area contributed by atoms with Crippen LogP contribution in [0.2, 0.25) is 0 Å². The van der Waals surface area contributed by atoms with Gasteiger partial charge >= 0.3 is 0 Å². The molecule has 0 atom stereocenters. The second kappa shape index (κ2) is 10.1. The van der Waals surface area contributed by atoms with Crippen molar-refractivity contribution in [3.63, 3.8) is 0 Å². The number of amides is 1. The predicted octanol–water partition coefficient (Wildman–Crippen LogP) is 2.71. The number of H-pyrrole nitrogens is 1. The topological polar surface area (TPSA) is 103 Å². The summed E-state index contributed by atoms with van der Waals surface area (Å²) in [6, 6.07) is 7.53. The average molecular weight is 341 g/mol. The van der Waals surface area contributed by atoms with Gasteiger partial charge in [0, 0.05) is 37.0 Å². The number of carbonyl (C=O) groups is 1. The zero-order valence-corrected chi connectivity index (χ0v) is 14.3. The number of nitriles is 1. The summed E-state index contributed by atoms with van der Waals surface area (Å²) in [5.74, 6) is -0.397. The minimum atomic E-state index is -0.397. The molecule has 0 aliphatic heterocycles. The molecular weight excluding hydrogens is 318 g/mol. The summed E-state index contributed by atoms with van der Waals surface area (Å²) in [6.07, 6.45) is 6.01. The largest absolute Gasteiger partial charge is 0.381 e. The molecule has 1 amide bonds. The van der Waals surface area contributed by atoms with E-state index in [1.54, 1.807) is 6.20 Å². The Hall–Kier alpha value is -2.85. The molecule has 0 aliphatic carbocycles. The van der Waals surface area contributed by atoms with Crippen LogP contribution in [0.25, 0.3) is 10.9 Å². The number of aromatic amines is 1. The number of unbranched alkanes of at least 4 members (excludes halogenated alkanes) is 1. The lowest BCUT2D eigenvalue weighted by molar-refractivity contribution is -0.117. The van der Waals surface area contributed by atoms with Gasteiger partial charge in [0.15, 0.2) is 0 Å². The summed E-state index contributed by atoms with van der Waals surface area (Å²) >= 11 is 0. The number of benzene rings is 1. The van der Waals surface area contributed by atoms with Crippen LogP contribution in [-0.4, -0.2) is 35.9 Å². The van der Waals surface area contributed by atoms with Gasteiger partial charge in [-0.2, -0.15) is 10.4 Å². The molecule has 0 spiro atoms. The number of hydrogen-bond donors (Lipinski definition) is 3. The van der Waals surface area contributed by atoms with E-state index < -0.39 is 5.91 Å². The molecule has 0 unspecified atom stereocenters. The smallest absolute Gasteiger partial charge is 0.263 e. The molecule has 0 radical (unpaired) electrons. The lowest BCUT2D eigenvalue weighted by Gasteiger charge is -2.06. The van der Waals surface area contributed by atoms with Crippen molar-refractivity contribution in [2.24, 2.45) is 0 Å². The molecule has 3 N–H and O–H groups in total. The standard InChI is InChI=1S/C18H23N5O2/c1-2-3-8-25-9-4-7-20-18(24)15(11-19)12-21-16-6-5-14-13-22-23-17(14)10-16/h5-6,10,12-13,21H,2-4,7-9H2,1H3,(H,20,24)(H,22,23)/b15-12-. The summed E-state index contributed by atoms with van der Waals surface area (Å²) in [4.78, 5) is 12.0. The summed E-state index contributed by atoms with van der Waals surface area (Å²) in [7, 11) is 0. The highest BCUT2D eigenvalue weighted by atomic mass is 16.5. The van der Waals surface area contributed by atoms with E-state index >= 15 is 0 Å². The normalized spacial score (nSPS) is 11.3. The zero-order valence-electron chi connectivity index (χ0n) is 14.3. The maximum Gasteiger partial charge on any atom is 0.263 e. The van der Waals surface area contributed by atoms with Crippen LogP contribution in [-0.2, 0) is 9.53 Å². The third-order valence-electron chi connectivity index (χ3n) is 3.58. The summed E-state index contributed by atoms with van der Waals surface area (Å²) in [5, 5.41) is 22.7. The van der Waals surface area contributed by atoms with Crippen LogP contribution in [0.1, 0.15) is 26.2 Å². The number of anilines is 1. The fourth-order valence-electron chi connectivity index (χ4n) is 2.15. The Morgan fingerprint density at radius 3 is 3.04 bits per heavy atom. The Morgan fingerprint density at radius 2 is 2.24 bits per heavy atom. The average Bonchev–Trinajstić information content (AvgIpc) is 3.09. The van der Waals surface area contributed by atoms with E-state index in [2.05, 4.69) is 27.8 Å². The maximum atomic E-state index is 12.0. The van der Waals surface area contributed by atoms with Crippen molar-refractivity contribution in [1.29, 1.82) is 5.26 Å². The molecular formula is C18H23N5O2. The molecule has 25 heavy (non-hydrogen) atoms. The third kappa shape index (κ3) is 5.94. The van der Waals surface area contributed by atoms with Crippen LogP contribution in [0.3, 0.4) is 0 Å². The molecule has 0 fully saturated rings. The number of ether oxygens (including phenoxy) is 1. The number of hydrogen-bond acceptors (Lipinski definition) is 5. The molecule has 0 aliphatic rings. The van der Waals surface area contributed by atoms with E-state index in [4.69, 9.17) is 10.00 Å². The summed E-state index contributed by atoms with van der Waals surface area (Å²) in [6.45, 7) is 3.94. The molecule has 1 aromatic carbocycles. The van der Waals surface area contributed by atoms with Gasteiger partial charge in [-0.05, 0) is 31.0 Å². The Labute approximate surface area is 147 Å². The molecule has 132 valence electrons. The van der Waals surface area contributed by atoms with E-state index in [-0.39, 0.29) is 5.57 Å². The van der Waals surface area contributed by atoms with Crippen molar-refractivity contribution in [1.82, 2.24) is 15.5 Å². The predicted molar refractivity (Wildman–Crippen MR) is 96.8 cm³/mol. The van der Waals surface area contributed by atoms with E-state index in [0.29, 0.717) is 13.2 Å². The first kappa shape index (κ1) is 18.5. The molecule has 2 rings (SSSR count). The van der Waals surface area contributed by atoms with Crippen LogP contribution in [0.4, 0.5) is 5.69 Å². The lowest BCUT2D eigenvalue weighted by Crippen LogP contribution is -2.26. The van der Waals surface area contributed by atoms with Crippen LogP contribution < -0.4 is 10.6 Å². The van der Waals surface area contributed by atoms with Crippen molar-refractivity contribution in [3.05, 3.63) is 36.2 Å². The first-order valence-electron chi connectivity index (χ1n) is 8.40. The quantitative estimate of drug-likeness (QED) is 0.350. The van der Waals surface area contributed by atoms with Crippen LogP contribution in [0, 0.1) is 11.3 Å². The van der Waals surface area contributed by atoms with Crippen molar-refractivity contribution >= 4 is 22.5 Å². The van der Waals surface area contributed by atoms with Gasteiger partial charge in [-0.15, -0.1) is 0 Å². The minimum absolute atomic E-state index is 0.0246. The number of carbonyl (C=O) groups excluding carboxylic acids is 1. The zero-order chi connectivity index (χ0) is 17.9. The van der Waals surface area contributed by atoms with Gasteiger partial charge in [0.25, 0.3) is 5.91 Å². The van der Waals surface area contributed by atoms with Gasteiger partial charge in [0.2, 0.25) is 0 Å². The van der Waals surface area contributed by atoms with Crippen molar-refractivity contribution in [2.75, 3.05) is 25.1 Å². The van der Waals surface area contributed by atoms with Crippen LogP contribution in [0.15, 0.2) is 36.2 Å². The lowest BCUT2D eigenvalue weighted by atomic mass is 10.2. The molecule has 1 aromatic heterocycles. The van der Waals surface area contributed by atoms with E-state index in [9.17, 15) is 4.79 Å². The number of nitrogens with one attached hydrogen (secondary N) is 3. The van der Waals surface area contributed by atoms with Gasteiger partial charge in [0.05, 0.1) is 11.7 Å². The van der Waals surface area contributed by atoms with Crippen molar-refractivity contribution < 1.29 is 9.53 Å². The minimum Gasteiger partial charge on any atom is -0.381 e. The fraction of sp³-hybridized carbons (Fsp3) is 0.389. The van der Waals surface area contributed by atoms with E-state index in [1.165, 1.54) is 6.20 Å².